The summed E-state index contributed by atoms with van der Waals surface area (Å²) in [6.07, 6.45) is 4.31. The summed E-state index contributed by atoms with van der Waals surface area (Å²) < 4.78 is 11.3. The molecule has 0 spiro atoms. The topological polar surface area (TPSA) is 153 Å². The minimum atomic E-state index is -0.711. The maximum atomic E-state index is 12.1. The van der Waals surface area contributed by atoms with Crippen LogP contribution in [0.15, 0.2) is 15.7 Å². The Balaban J connectivity index is 1.71. The molecule has 2 fully saturated rings. The largest absolute Gasteiger partial charge is 0.476 e. The van der Waals surface area contributed by atoms with Gasteiger partial charge in [-0.3, -0.25) is 4.79 Å². The van der Waals surface area contributed by atoms with Gasteiger partial charge in [0, 0.05) is 28.9 Å². The summed E-state index contributed by atoms with van der Waals surface area (Å²) in [5, 5.41) is 7.71. The smallest absolute Gasteiger partial charge is 0.269 e. The Kier molecular flexibility index (Phi) is 4.87. The van der Waals surface area contributed by atoms with Gasteiger partial charge in [0.2, 0.25) is 5.88 Å². The lowest BCUT2D eigenvalue weighted by Crippen LogP contribution is -2.21. The monoisotopic (exact) mass is 397 g/mol. The van der Waals surface area contributed by atoms with E-state index in [1.54, 1.807) is 6.07 Å². The van der Waals surface area contributed by atoms with Gasteiger partial charge < -0.3 is 15.0 Å². The number of amides is 1. The first-order chi connectivity index (χ1) is 13.9. The lowest BCUT2D eigenvalue weighted by molar-refractivity contribution is 0.0994. The molecule has 0 bridgehead atoms. The Morgan fingerprint density at radius 1 is 1.38 bits per heavy atom. The van der Waals surface area contributed by atoms with Crippen molar-refractivity contribution in [1.29, 1.82) is 0 Å². The highest BCUT2D eigenvalue weighted by molar-refractivity contribution is 5.96. The molecule has 0 unspecified atom stereocenters. The number of rotatable bonds is 9. The Hall–Kier alpha value is -3.13. The van der Waals surface area contributed by atoms with E-state index < -0.39 is 11.3 Å². The Morgan fingerprint density at radius 2 is 2.14 bits per heavy atom. The van der Waals surface area contributed by atoms with Gasteiger partial charge >= 0.3 is 0 Å². The van der Waals surface area contributed by atoms with Crippen molar-refractivity contribution in [2.24, 2.45) is 16.8 Å². The predicted molar refractivity (Wildman–Crippen MR) is 103 cm³/mol. The summed E-state index contributed by atoms with van der Waals surface area (Å²) in [7, 11) is 0. The van der Waals surface area contributed by atoms with Crippen LogP contribution in [0.4, 0.5) is 0 Å². The van der Waals surface area contributed by atoms with E-state index in [-0.39, 0.29) is 23.9 Å². The Morgan fingerprint density at radius 3 is 2.76 bits per heavy atom. The molecule has 2 aliphatic rings. The first-order valence-electron chi connectivity index (χ1n) is 9.72. The third-order valence-electron chi connectivity index (χ3n) is 5.21. The number of primary amides is 1. The summed E-state index contributed by atoms with van der Waals surface area (Å²) in [4.78, 5) is 24.0. The molecule has 2 saturated carbocycles. The van der Waals surface area contributed by atoms with E-state index in [0.29, 0.717) is 29.9 Å². The molecule has 0 aromatic carbocycles. The van der Waals surface area contributed by atoms with Gasteiger partial charge in [-0.05, 0) is 37.1 Å². The second-order valence-corrected chi connectivity index (χ2v) is 8.35. The number of nitrogens with zero attached hydrogens (tertiary/aromatic N) is 6. The van der Waals surface area contributed by atoms with Crippen LogP contribution in [0, 0.1) is 5.92 Å². The van der Waals surface area contributed by atoms with E-state index in [1.807, 2.05) is 13.8 Å². The van der Waals surface area contributed by atoms with Gasteiger partial charge in [0.1, 0.15) is 11.4 Å². The fraction of sp³-hybridized carbons (Fsp3) is 0.579. The van der Waals surface area contributed by atoms with Crippen LogP contribution in [0.5, 0.6) is 5.88 Å². The molecule has 2 heterocycles. The van der Waals surface area contributed by atoms with Crippen LogP contribution in [-0.4, -0.2) is 34.2 Å². The van der Waals surface area contributed by atoms with E-state index in [4.69, 9.17) is 20.5 Å². The van der Waals surface area contributed by atoms with Crippen LogP contribution in [-0.2, 0) is 5.41 Å². The molecule has 2 aromatic heterocycles. The molecule has 10 nitrogen and oxygen atoms in total. The minimum Gasteiger partial charge on any atom is -0.476 e. The van der Waals surface area contributed by atoms with Gasteiger partial charge in [0.25, 0.3) is 5.91 Å². The molecule has 2 N–H and O–H groups in total. The van der Waals surface area contributed by atoms with Crippen LogP contribution in [0.2, 0.25) is 0 Å². The van der Waals surface area contributed by atoms with Crippen molar-refractivity contribution >= 4 is 5.91 Å². The standard InChI is InChI=1S/C19H23N7O3/c1-19(2,9-22-26-21)13-7-12(29-25-13)15-16(17(20)27)24-18(28-8-10-3-4-10)14(23-15)11-5-6-11/h7,10-11H,3-6,8-9H2,1-2H3,(H2,20,27). The third kappa shape index (κ3) is 4.17. The predicted octanol–water partition coefficient (Wildman–Crippen LogP) is 3.48. The third-order valence-corrected chi connectivity index (χ3v) is 5.21. The van der Waals surface area contributed by atoms with Crippen LogP contribution in [0.25, 0.3) is 21.9 Å². The molecule has 152 valence electrons. The van der Waals surface area contributed by atoms with Gasteiger partial charge in [-0.1, -0.05) is 24.1 Å². The zero-order valence-electron chi connectivity index (χ0n) is 16.5. The fourth-order valence-corrected chi connectivity index (χ4v) is 2.98. The molecular weight excluding hydrogens is 374 g/mol. The van der Waals surface area contributed by atoms with E-state index in [2.05, 4.69) is 25.2 Å². The zero-order valence-corrected chi connectivity index (χ0v) is 16.5. The van der Waals surface area contributed by atoms with Crippen molar-refractivity contribution in [2.45, 2.75) is 50.9 Å². The number of carbonyl (C=O) groups excluding carboxylic acids is 1. The molecular formula is C19H23N7O3. The number of nitrogens with two attached hydrogens (primary N) is 1. The van der Waals surface area contributed by atoms with Crippen LogP contribution in [0.3, 0.4) is 0 Å². The Labute approximate surface area is 167 Å². The molecule has 0 saturated heterocycles. The molecule has 2 aromatic rings. The summed E-state index contributed by atoms with van der Waals surface area (Å²) in [6.45, 7) is 4.56. The number of carbonyl (C=O) groups is 1. The number of ether oxygens (including phenoxy) is 1. The average molecular weight is 397 g/mol. The van der Waals surface area contributed by atoms with Crippen molar-refractivity contribution in [2.75, 3.05) is 13.2 Å². The summed E-state index contributed by atoms with van der Waals surface area (Å²) in [5.74, 6) is 0.792. The maximum absolute atomic E-state index is 12.1. The van der Waals surface area contributed by atoms with Crippen LogP contribution < -0.4 is 10.5 Å². The van der Waals surface area contributed by atoms with E-state index in [1.165, 1.54) is 0 Å². The van der Waals surface area contributed by atoms with Crippen molar-refractivity contribution < 1.29 is 14.1 Å². The number of azide groups is 1. The molecule has 0 aliphatic heterocycles. The second-order valence-electron chi connectivity index (χ2n) is 8.35. The van der Waals surface area contributed by atoms with Gasteiger partial charge in [-0.15, -0.1) is 0 Å². The average Bonchev–Trinajstić information content (AvgIpc) is 3.62. The zero-order chi connectivity index (χ0) is 20.6. The van der Waals surface area contributed by atoms with Crippen molar-refractivity contribution in [3.05, 3.63) is 33.6 Å². The van der Waals surface area contributed by atoms with Crippen molar-refractivity contribution in [3.8, 4) is 17.3 Å². The molecule has 29 heavy (non-hydrogen) atoms. The Bertz CT molecular complexity index is 986. The van der Waals surface area contributed by atoms with Gasteiger partial charge in [0.05, 0.1) is 12.3 Å². The summed E-state index contributed by atoms with van der Waals surface area (Å²) >= 11 is 0. The van der Waals surface area contributed by atoms with Gasteiger partial charge in [-0.25, -0.2) is 9.97 Å². The number of hydrogen-bond donors (Lipinski definition) is 1. The SMILES string of the molecule is CC(C)(CN=[N+]=[N-])c1cc(-c2nc(C3CC3)c(OCC3CC3)nc2C(N)=O)on1. The lowest BCUT2D eigenvalue weighted by atomic mass is 9.89. The second kappa shape index (κ2) is 7.36. The van der Waals surface area contributed by atoms with Gasteiger partial charge in [-0.2, -0.15) is 0 Å². The molecule has 10 heteroatoms. The number of hydrogen-bond acceptors (Lipinski definition) is 7. The van der Waals surface area contributed by atoms with Crippen LogP contribution in [0.1, 0.15) is 67.3 Å². The highest BCUT2D eigenvalue weighted by Crippen LogP contribution is 2.44. The lowest BCUT2D eigenvalue weighted by Gasteiger charge is -2.17. The number of aromatic nitrogens is 3. The fourth-order valence-electron chi connectivity index (χ4n) is 2.98. The summed E-state index contributed by atoms with van der Waals surface area (Å²) in [5.41, 5.74) is 15.2. The maximum Gasteiger partial charge on any atom is 0.269 e. The molecule has 0 atom stereocenters. The van der Waals surface area contributed by atoms with Crippen LogP contribution >= 0.6 is 0 Å². The van der Waals surface area contributed by atoms with Crippen molar-refractivity contribution in [1.82, 2.24) is 15.1 Å². The highest BCUT2D eigenvalue weighted by atomic mass is 16.5. The van der Waals surface area contributed by atoms with E-state index in [9.17, 15) is 4.79 Å². The molecule has 2 aliphatic carbocycles. The first-order valence-corrected chi connectivity index (χ1v) is 9.72. The van der Waals surface area contributed by atoms with E-state index >= 15 is 0 Å². The minimum absolute atomic E-state index is 0.00394. The molecule has 0 radical (unpaired) electrons. The molecule has 1 amide bonds. The highest BCUT2D eigenvalue weighted by Gasteiger charge is 2.34. The summed E-state index contributed by atoms with van der Waals surface area (Å²) in [6, 6.07) is 1.69. The normalized spacial score (nSPS) is 16.3. The first kappa shape index (κ1) is 19.2. The van der Waals surface area contributed by atoms with Crippen molar-refractivity contribution in [3.63, 3.8) is 0 Å². The quantitative estimate of drug-likeness (QED) is 0.388. The van der Waals surface area contributed by atoms with E-state index in [0.717, 1.165) is 31.4 Å². The molecule has 4 rings (SSSR count). The van der Waals surface area contributed by atoms with Gasteiger partial charge in [0.15, 0.2) is 11.5 Å².